The lowest BCUT2D eigenvalue weighted by atomic mass is 10.1. The number of nitro benzene ring substituents is 1. The molecule has 3 rings (SSSR count). The van der Waals surface area contributed by atoms with E-state index in [2.05, 4.69) is 5.32 Å². The summed E-state index contributed by atoms with van der Waals surface area (Å²) in [6, 6.07) is 13.3. The third kappa shape index (κ3) is 4.02. The molecule has 0 fully saturated rings. The highest BCUT2D eigenvalue weighted by atomic mass is 32.2. The average Bonchev–Trinajstić information content (AvgIpc) is 3.06. The van der Waals surface area contributed by atoms with Crippen LogP contribution in [0, 0.1) is 10.1 Å². The minimum atomic E-state index is -1.01. The van der Waals surface area contributed by atoms with Gasteiger partial charge in [0.15, 0.2) is 6.10 Å². The van der Waals surface area contributed by atoms with E-state index < -0.39 is 22.9 Å². The summed E-state index contributed by atoms with van der Waals surface area (Å²) in [5, 5.41) is 12.9. The lowest BCUT2D eigenvalue weighted by Gasteiger charge is -2.15. The lowest BCUT2D eigenvalue weighted by molar-refractivity contribution is -0.384. The van der Waals surface area contributed by atoms with Crippen LogP contribution in [0.1, 0.15) is 12.5 Å². The first-order valence-corrected chi connectivity index (χ1v) is 8.82. The molecule has 0 unspecified atom stereocenters. The minimum Gasteiger partial charge on any atom is -0.452 e. The zero-order valence-electron chi connectivity index (χ0n) is 13.9. The molecule has 0 radical (unpaired) electrons. The van der Waals surface area contributed by atoms with E-state index in [1.165, 1.54) is 43.0 Å². The van der Waals surface area contributed by atoms with Crippen LogP contribution in [-0.2, 0) is 20.7 Å². The van der Waals surface area contributed by atoms with Crippen LogP contribution < -0.4 is 5.32 Å². The van der Waals surface area contributed by atoms with Crippen LogP contribution in [0.2, 0.25) is 0 Å². The quantitative estimate of drug-likeness (QED) is 0.492. The van der Waals surface area contributed by atoms with Gasteiger partial charge >= 0.3 is 5.97 Å². The second-order valence-electron chi connectivity index (χ2n) is 5.79. The number of carbonyl (C=O) groups excluding carboxylic acids is 2. The second-order valence-corrected chi connectivity index (χ2v) is 7.04. The number of hydrogen-bond acceptors (Lipinski definition) is 6. The predicted molar refractivity (Wildman–Crippen MR) is 97.1 cm³/mol. The van der Waals surface area contributed by atoms with Gasteiger partial charge in [0.05, 0.1) is 4.92 Å². The molecule has 1 amide bonds. The van der Waals surface area contributed by atoms with Crippen molar-refractivity contribution < 1.29 is 19.2 Å². The van der Waals surface area contributed by atoms with Crippen molar-refractivity contribution in [2.24, 2.45) is 0 Å². The minimum absolute atomic E-state index is 0.132. The molecule has 0 aliphatic carbocycles. The smallest absolute Gasteiger partial charge is 0.320 e. The van der Waals surface area contributed by atoms with Gasteiger partial charge in [-0.2, -0.15) is 0 Å². The van der Waals surface area contributed by atoms with E-state index in [0.29, 0.717) is 6.42 Å². The van der Waals surface area contributed by atoms with E-state index in [1.54, 1.807) is 0 Å². The Balaban J connectivity index is 1.57. The van der Waals surface area contributed by atoms with Crippen molar-refractivity contribution >= 4 is 35.0 Å². The number of carbonyl (C=O) groups is 2. The molecular formula is C18H16N2O5S. The predicted octanol–water partition coefficient (Wildman–Crippen LogP) is 3.18. The topological polar surface area (TPSA) is 98.5 Å². The van der Waals surface area contributed by atoms with E-state index in [-0.39, 0.29) is 16.6 Å². The maximum atomic E-state index is 12.3. The summed E-state index contributed by atoms with van der Waals surface area (Å²) in [6.45, 7) is 1.47. The Bertz CT molecular complexity index is 845. The molecule has 0 saturated heterocycles. The number of amides is 1. The fourth-order valence-electron chi connectivity index (χ4n) is 2.56. The Morgan fingerprint density at radius 2 is 2.04 bits per heavy atom. The van der Waals surface area contributed by atoms with E-state index in [9.17, 15) is 19.7 Å². The highest BCUT2D eigenvalue weighted by Crippen LogP contribution is 2.37. The Hall–Kier alpha value is -2.87. The Labute approximate surface area is 153 Å². The maximum Gasteiger partial charge on any atom is 0.320 e. The summed E-state index contributed by atoms with van der Waals surface area (Å²) in [7, 11) is 0. The monoisotopic (exact) mass is 372 g/mol. The van der Waals surface area contributed by atoms with Gasteiger partial charge in [-0.15, -0.1) is 11.8 Å². The summed E-state index contributed by atoms with van der Waals surface area (Å²) >= 11 is 1.43. The summed E-state index contributed by atoms with van der Waals surface area (Å²) in [5.41, 5.74) is 1.23. The van der Waals surface area contributed by atoms with Crippen LogP contribution in [0.5, 0.6) is 0 Å². The molecule has 26 heavy (non-hydrogen) atoms. The molecule has 0 saturated carbocycles. The summed E-state index contributed by atoms with van der Waals surface area (Å²) < 4.78 is 5.27. The molecule has 8 heteroatoms. The number of thioether (sulfide) groups is 1. The number of ether oxygens (including phenoxy) is 1. The van der Waals surface area contributed by atoms with Crippen molar-refractivity contribution in [2.45, 2.75) is 29.6 Å². The standard InChI is InChI=1S/C18H16N2O5S/c1-11(17(21)19-13-6-4-7-14(10-13)20(23)24)25-18(22)16-9-12-5-2-3-8-15(12)26-16/h2-8,10-11,16H,9H2,1H3,(H,19,21)/t11-,16-/m1/s1. The first-order chi connectivity index (χ1) is 12.4. The normalized spacial score (nSPS) is 16.4. The van der Waals surface area contributed by atoms with Crippen LogP contribution in [-0.4, -0.2) is 28.2 Å². The number of nitro groups is 1. The van der Waals surface area contributed by atoms with Gasteiger partial charge in [0, 0.05) is 22.7 Å². The SMILES string of the molecule is C[C@@H](OC(=O)[C@H]1Cc2ccccc2S1)C(=O)Nc1cccc([N+](=O)[O-])c1. The lowest BCUT2D eigenvalue weighted by Crippen LogP contribution is -2.33. The van der Waals surface area contributed by atoms with Gasteiger partial charge in [-0.1, -0.05) is 24.3 Å². The zero-order valence-corrected chi connectivity index (χ0v) is 14.7. The molecule has 1 heterocycles. The van der Waals surface area contributed by atoms with Crippen molar-refractivity contribution in [3.63, 3.8) is 0 Å². The Morgan fingerprint density at radius 1 is 1.27 bits per heavy atom. The number of anilines is 1. The van der Waals surface area contributed by atoms with E-state index in [1.807, 2.05) is 24.3 Å². The van der Waals surface area contributed by atoms with Crippen molar-refractivity contribution in [3.8, 4) is 0 Å². The van der Waals surface area contributed by atoms with Crippen molar-refractivity contribution in [1.29, 1.82) is 0 Å². The molecule has 0 spiro atoms. The largest absolute Gasteiger partial charge is 0.452 e. The molecular weight excluding hydrogens is 356 g/mol. The molecule has 0 bridgehead atoms. The van der Waals surface area contributed by atoms with Gasteiger partial charge in [0.25, 0.3) is 11.6 Å². The number of fused-ring (bicyclic) bond motifs is 1. The van der Waals surface area contributed by atoms with Crippen LogP contribution >= 0.6 is 11.8 Å². The third-order valence-corrected chi connectivity index (χ3v) is 5.19. The van der Waals surface area contributed by atoms with E-state index in [0.717, 1.165) is 10.5 Å². The molecule has 1 aliphatic heterocycles. The first-order valence-electron chi connectivity index (χ1n) is 7.94. The molecule has 7 nitrogen and oxygen atoms in total. The molecule has 2 aromatic rings. The Kier molecular flexibility index (Phi) is 5.22. The molecule has 1 aliphatic rings. The molecule has 2 atom stereocenters. The highest BCUT2D eigenvalue weighted by molar-refractivity contribution is 8.01. The van der Waals surface area contributed by atoms with Crippen LogP contribution in [0.3, 0.4) is 0 Å². The molecule has 134 valence electrons. The van der Waals surface area contributed by atoms with Gasteiger partial charge < -0.3 is 10.1 Å². The second kappa shape index (κ2) is 7.57. The van der Waals surface area contributed by atoms with E-state index in [4.69, 9.17) is 4.74 Å². The van der Waals surface area contributed by atoms with Gasteiger partial charge in [-0.05, 0) is 31.0 Å². The molecule has 1 N–H and O–H groups in total. The zero-order chi connectivity index (χ0) is 18.7. The summed E-state index contributed by atoms with van der Waals surface area (Å²) in [4.78, 5) is 35.8. The van der Waals surface area contributed by atoms with Gasteiger partial charge in [0.1, 0.15) is 5.25 Å². The van der Waals surface area contributed by atoms with Gasteiger partial charge in [-0.25, -0.2) is 0 Å². The van der Waals surface area contributed by atoms with Gasteiger partial charge in [0.2, 0.25) is 0 Å². The number of nitrogens with zero attached hydrogens (tertiary/aromatic N) is 1. The first kappa shape index (κ1) is 17.9. The van der Waals surface area contributed by atoms with Crippen LogP contribution in [0.4, 0.5) is 11.4 Å². The van der Waals surface area contributed by atoms with Gasteiger partial charge in [-0.3, -0.25) is 19.7 Å². The number of non-ortho nitro benzene ring substituents is 1. The van der Waals surface area contributed by atoms with Crippen molar-refractivity contribution in [2.75, 3.05) is 5.32 Å². The average molecular weight is 372 g/mol. The fraction of sp³-hybridized carbons (Fsp3) is 0.222. The summed E-state index contributed by atoms with van der Waals surface area (Å²) in [5.74, 6) is -0.993. The molecule has 2 aromatic carbocycles. The number of esters is 1. The van der Waals surface area contributed by atoms with E-state index >= 15 is 0 Å². The Morgan fingerprint density at radius 3 is 2.77 bits per heavy atom. The number of rotatable bonds is 5. The number of benzene rings is 2. The van der Waals surface area contributed by atoms with Crippen molar-refractivity contribution in [3.05, 3.63) is 64.2 Å². The fourth-order valence-corrected chi connectivity index (χ4v) is 3.74. The maximum absolute atomic E-state index is 12.3. The third-order valence-electron chi connectivity index (χ3n) is 3.90. The van der Waals surface area contributed by atoms with Crippen LogP contribution in [0.15, 0.2) is 53.4 Å². The summed E-state index contributed by atoms with van der Waals surface area (Å²) in [6.07, 6.45) is -0.440. The molecule has 0 aromatic heterocycles. The van der Waals surface area contributed by atoms with Crippen molar-refractivity contribution in [1.82, 2.24) is 0 Å². The number of hydrogen-bond donors (Lipinski definition) is 1. The highest BCUT2D eigenvalue weighted by Gasteiger charge is 2.31. The number of nitrogens with one attached hydrogen (secondary N) is 1. The van der Waals surface area contributed by atoms with Crippen LogP contribution in [0.25, 0.3) is 0 Å².